The van der Waals surface area contributed by atoms with Gasteiger partial charge in [0.05, 0.1) is 0 Å². The molecule has 1 unspecified atom stereocenters. The van der Waals surface area contributed by atoms with E-state index in [0.717, 1.165) is 5.92 Å². The summed E-state index contributed by atoms with van der Waals surface area (Å²) in [5.74, 6) is 0.840. The fraction of sp³-hybridized carbons (Fsp3) is 0.833. The second-order valence-corrected chi connectivity index (χ2v) is 5.40. The van der Waals surface area contributed by atoms with Gasteiger partial charge in [0.15, 0.2) is 0 Å². The molecule has 1 atom stereocenters. The van der Waals surface area contributed by atoms with E-state index in [1.54, 1.807) is 6.08 Å². The maximum Gasteiger partial charge on any atom is 0.124 e. The Morgan fingerprint density at radius 2 is 2.00 bits per heavy atom. The van der Waals surface area contributed by atoms with Crippen LogP contribution in [-0.2, 0) is 0 Å². The van der Waals surface area contributed by atoms with E-state index in [9.17, 15) is 5.11 Å². The molecular formula is C12H21NO. The van der Waals surface area contributed by atoms with Gasteiger partial charge in [0.2, 0.25) is 0 Å². The maximum absolute atomic E-state index is 9.64. The molecule has 0 aromatic heterocycles. The summed E-state index contributed by atoms with van der Waals surface area (Å²) >= 11 is 0. The van der Waals surface area contributed by atoms with E-state index in [4.69, 9.17) is 0 Å². The molecule has 2 aliphatic rings. The van der Waals surface area contributed by atoms with Crippen molar-refractivity contribution in [2.45, 2.75) is 51.3 Å². The highest BCUT2D eigenvalue weighted by Gasteiger charge is 2.58. The summed E-state index contributed by atoms with van der Waals surface area (Å²) in [4.78, 5) is 0. The van der Waals surface area contributed by atoms with Crippen molar-refractivity contribution < 1.29 is 5.11 Å². The number of aliphatic hydroxyl groups is 1. The summed E-state index contributed by atoms with van der Waals surface area (Å²) in [7, 11) is 0. The Kier molecular flexibility index (Phi) is 2.24. The van der Waals surface area contributed by atoms with Gasteiger partial charge in [-0.3, -0.25) is 5.32 Å². The number of aliphatic hydroxyl groups excluding tert-OH is 1. The average molecular weight is 195 g/mol. The molecule has 2 fully saturated rings. The molecule has 0 radical (unpaired) electrons. The predicted octanol–water partition coefficient (Wildman–Crippen LogP) is 2.05. The minimum atomic E-state index is -0.550. The number of hydrogen-bond acceptors (Lipinski definition) is 2. The minimum Gasteiger partial charge on any atom is -0.375 e. The predicted molar refractivity (Wildman–Crippen MR) is 57.8 cm³/mol. The normalized spacial score (nSPS) is 41.2. The molecule has 0 saturated heterocycles. The Bertz CT molecular complexity index is 239. The highest BCUT2D eigenvalue weighted by molar-refractivity contribution is 5.14. The zero-order chi connectivity index (χ0) is 10.4. The lowest BCUT2D eigenvalue weighted by Crippen LogP contribution is -2.54. The Morgan fingerprint density at radius 1 is 1.43 bits per heavy atom. The smallest absolute Gasteiger partial charge is 0.124 e. The topological polar surface area (TPSA) is 32.3 Å². The largest absolute Gasteiger partial charge is 0.375 e. The third-order valence-electron chi connectivity index (χ3n) is 4.74. The lowest BCUT2D eigenvalue weighted by atomic mass is 9.76. The van der Waals surface area contributed by atoms with Crippen molar-refractivity contribution >= 4 is 0 Å². The molecule has 2 bridgehead atoms. The van der Waals surface area contributed by atoms with Crippen LogP contribution in [0.15, 0.2) is 12.7 Å². The quantitative estimate of drug-likeness (QED) is 0.533. The summed E-state index contributed by atoms with van der Waals surface area (Å²) in [6.07, 6.45) is 6.06. The van der Waals surface area contributed by atoms with E-state index in [2.05, 4.69) is 25.7 Å². The van der Waals surface area contributed by atoms with Crippen molar-refractivity contribution in [3.05, 3.63) is 12.7 Å². The van der Waals surface area contributed by atoms with Crippen LogP contribution in [0.25, 0.3) is 0 Å². The molecular weight excluding hydrogens is 174 g/mol. The van der Waals surface area contributed by atoms with Gasteiger partial charge in [0.25, 0.3) is 0 Å². The van der Waals surface area contributed by atoms with Crippen molar-refractivity contribution in [3.63, 3.8) is 0 Å². The van der Waals surface area contributed by atoms with Gasteiger partial charge < -0.3 is 5.11 Å². The third kappa shape index (κ3) is 1.17. The molecule has 0 aromatic carbocycles. The first-order valence-corrected chi connectivity index (χ1v) is 5.60. The standard InChI is InChI=1S/C12H21NO/c1-4-10(14)13-12-7-5-9(6-8-12)11(12,2)3/h4,9-10,13-14H,1,5-8H2,2-3H3. The number of fused-ring (bicyclic) bond motifs is 2. The molecule has 2 N–H and O–H groups in total. The van der Waals surface area contributed by atoms with Crippen LogP contribution in [0.1, 0.15) is 39.5 Å². The van der Waals surface area contributed by atoms with Gasteiger partial charge >= 0.3 is 0 Å². The first kappa shape index (κ1) is 10.2. The molecule has 0 aliphatic heterocycles. The Morgan fingerprint density at radius 3 is 2.36 bits per heavy atom. The monoisotopic (exact) mass is 195 g/mol. The Labute approximate surface area is 86.4 Å². The van der Waals surface area contributed by atoms with Crippen LogP contribution in [0, 0.1) is 11.3 Å². The third-order valence-corrected chi connectivity index (χ3v) is 4.74. The lowest BCUT2D eigenvalue weighted by molar-refractivity contribution is 0.0819. The lowest BCUT2D eigenvalue weighted by Gasteiger charge is -2.40. The minimum absolute atomic E-state index is 0.158. The van der Waals surface area contributed by atoms with Gasteiger partial charge in [-0.05, 0) is 43.1 Å². The van der Waals surface area contributed by atoms with E-state index in [-0.39, 0.29) is 5.54 Å². The summed E-state index contributed by atoms with van der Waals surface area (Å²) in [5, 5.41) is 13.0. The molecule has 0 heterocycles. The van der Waals surface area contributed by atoms with E-state index >= 15 is 0 Å². The molecule has 80 valence electrons. The molecule has 2 heteroatoms. The zero-order valence-corrected chi connectivity index (χ0v) is 9.21. The van der Waals surface area contributed by atoms with E-state index < -0.39 is 6.23 Å². The molecule has 2 rings (SSSR count). The van der Waals surface area contributed by atoms with Crippen LogP contribution in [-0.4, -0.2) is 16.9 Å². The van der Waals surface area contributed by atoms with Gasteiger partial charge in [-0.2, -0.15) is 0 Å². The maximum atomic E-state index is 9.64. The zero-order valence-electron chi connectivity index (χ0n) is 9.21. The van der Waals surface area contributed by atoms with Crippen LogP contribution < -0.4 is 5.32 Å². The molecule has 0 aromatic rings. The fourth-order valence-electron chi connectivity index (χ4n) is 3.54. The first-order chi connectivity index (χ1) is 6.52. The summed E-state index contributed by atoms with van der Waals surface area (Å²) < 4.78 is 0. The van der Waals surface area contributed by atoms with E-state index in [1.807, 2.05) is 0 Å². The first-order valence-electron chi connectivity index (χ1n) is 5.60. The van der Waals surface area contributed by atoms with Crippen molar-refractivity contribution in [2.75, 3.05) is 0 Å². The molecule has 2 saturated carbocycles. The van der Waals surface area contributed by atoms with Crippen LogP contribution in [0.3, 0.4) is 0 Å². The van der Waals surface area contributed by atoms with Crippen LogP contribution >= 0.6 is 0 Å². The number of nitrogens with one attached hydrogen (secondary N) is 1. The van der Waals surface area contributed by atoms with Gasteiger partial charge in [-0.25, -0.2) is 0 Å². The van der Waals surface area contributed by atoms with Crippen molar-refractivity contribution in [1.82, 2.24) is 5.32 Å². The van der Waals surface area contributed by atoms with Gasteiger partial charge in [0.1, 0.15) is 6.23 Å². The fourth-order valence-corrected chi connectivity index (χ4v) is 3.54. The van der Waals surface area contributed by atoms with Crippen molar-refractivity contribution in [1.29, 1.82) is 0 Å². The molecule has 2 nitrogen and oxygen atoms in total. The van der Waals surface area contributed by atoms with Gasteiger partial charge in [-0.1, -0.05) is 20.4 Å². The summed E-state index contributed by atoms with van der Waals surface area (Å²) in [6.45, 7) is 8.28. The SMILES string of the molecule is C=CC(O)NC12CCC(CC1)C2(C)C. The van der Waals surface area contributed by atoms with Crippen LogP contribution in [0.5, 0.6) is 0 Å². The molecule has 0 amide bonds. The van der Waals surface area contributed by atoms with Crippen LogP contribution in [0.4, 0.5) is 0 Å². The second kappa shape index (κ2) is 3.07. The Hall–Kier alpha value is -0.340. The van der Waals surface area contributed by atoms with E-state index in [0.29, 0.717) is 5.41 Å². The Balaban J connectivity index is 2.18. The van der Waals surface area contributed by atoms with Crippen molar-refractivity contribution in [3.8, 4) is 0 Å². The number of rotatable bonds is 3. The summed E-state index contributed by atoms with van der Waals surface area (Å²) in [5.41, 5.74) is 0.488. The average Bonchev–Trinajstić information content (AvgIpc) is 2.52. The highest BCUT2D eigenvalue weighted by atomic mass is 16.3. The molecule has 14 heavy (non-hydrogen) atoms. The number of hydrogen-bond donors (Lipinski definition) is 2. The highest BCUT2D eigenvalue weighted by Crippen LogP contribution is 2.60. The van der Waals surface area contributed by atoms with Crippen LogP contribution in [0.2, 0.25) is 0 Å². The van der Waals surface area contributed by atoms with Gasteiger partial charge in [-0.15, -0.1) is 0 Å². The van der Waals surface area contributed by atoms with Gasteiger partial charge in [0, 0.05) is 5.54 Å². The second-order valence-electron chi connectivity index (χ2n) is 5.40. The molecule has 0 spiro atoms. The molecule has 2 aliphatic carbocycles. The van der Waals surface area contributed by atoms with E-state index in [1.165, 1.54) is 25.7 Å². The van der Waals surface area contributed by atoms with Crippen molar-refractivity contribution in [2.24, 2.45) is 11.3 Å². The summed E-state index contributed by atoms with van der Waals surface area (Å²) in [6, 6.07) is 0.